The van der Waals surface area contributed by atoms with Gasteiger partial charge >= 0.3 is 5.97 Å². The van der Waals surface area contributed by atoms with E-state index >= 15 is 0 Å². The quantitative estimate of drug-likeness (QED) is 0.658. The third kappa shape index (κ3) is 4.13. The number of benzene rings is 2. The second-order valence-corrected chi connectivity index (χ2v) is 7.99. The van der Waals surface area contributed by atoms with Crippen molar-refractivity contribution in [2.75, 3.05) is 14.2 Å². The van der Waals surface area contributed by atoms with Crippen molar-refractivity contribution >= 4 is 22.8 Å². The van der Waals surface area contributed by atoms with E-state index < -0.39 is 5.97 Å². The molecule has 0 bridgehead atoms. The van der Waals surface area contributed by atoms with Gasteiger partial charge in [-0.1, -0.05) is 12.1 Å². The van der Waals surface area contributed by atoms with E-state index in [1.165, 1.54) is 12.1 Å². The lowest BCUT2D eigenvalue weighted by Gasteiger charge is -2.32. The number of fused-ring (bicyclic) bond motifs is 3. The van der Waals surface area contributed by atoms with E-state index in [1.807, 2.05) is 24.3 Å². The highest BCUT2D eigenvalue weighted by Gasteiger charge is 2.30. The van der Waals surface area contributed by atoms with Crippen LogP contribution in [0.4, 0.5) is 4.39 Å². The summed E-state index contributed by atoms with van der Waals surface area (Å²) in [7, 11) is 3.41. The lowest BCUT2D eigenvalue weighted by atomic mass is 9.90. The molecule has 162 valence electrons. The first-order valence-corrected chi connectivity index (χ1v) is 10.3. The summed E-state index contributed by atoms with van der Waals surface area (Å²) in [6, 6.07) is 11.9. The minimum atomic E-state index is -0.932. The molecule has 0 saturated heterocycles. The molecule has 0 aliphatic heterocycles. The fraction of sp³-hybridized carbons (Fsp3) is 0.333. The van der Waals surface area contributed by atoms with E-state index in [9.17, 15) is 19.1 Å². The first-order valence-electron chi connectivity index (χ1n) is 10.3. The van der Waals surface area contributed by atoms with Crippen LogP contribution in [0.1, 0.15) is 23.2 Å². The maximum absolute atomic E-state index is 14.0. The number of ether oxygens (including phenoxy) is 1. The van der Waals surface area contributed by atoms with Crippen molar-refractivity contribution in [3.05, 3.63) is 65.1 Å². The predicted octanol–water partition coefficient (Wildman–Crippen LogP) is 3.43. The van der Waals surface area contributed by atoms with Crippen molar-refractivity contribution in [1.82, 2.24) is 9.47 Å². The summed E-state index contributed by atoms with van der Waals surface area (Å²) in [5.41, 5.74) is 3.50. The molecule has 7 heteroatoms. The molecular weight excluding hydrogens is 399 g/mol. The van der Waals surface area contributed by atoms with E-state index in [1.54, 1.807) is 29.7 Å². The van der Waals surface area contributed by atoms with Gasteiger partial charge in [0.05, 0.1) is 13.5 Å². The van der Waals surface area contributed by atoms with E-state index in [0.717, 1.165) is 39.9 Å². The van der Waals surface area contributed by atoms with Crippen LogP contribution < -0.4 is 4.74 Å². The topological polar surface area (TPSA) is 71.8 Å². The fourth-order valence-electron chi connectivity index (χ4n) is 4.50. The highest BCUT2D eigenvalue weighted by Crippen LogP contribution is 2.34. The van der Waals surface area contributed by atoms with Crippen LogP contribution in [0.15, 0.2) is 42.5 Å². The number of carbonyl (C=O) groups is 2. The number of aliphatic carboxylic acids is 1. The number of likely N-dealkylation sites (N-methyl/N-ethyl adjacent to an activating group) is 1. The number of nitrogens with zero attached hydrogens (tertiary/aromatic N) is 2. The molecule has 3 aromatic rings. The Labute approximate surface area is 179 Å². The van der Waals surface area contributed by atoms with Crippen molar-refractivity contribution in [3.63, 3.8) is 0 Å². The molecule has 2 aromatic carbocycles. The molecule has 0 saturated carbocycles. The van der Waals surface area contributed by atoms with Crippen molar-refractivity contribution in [2.45, 2.75) is 38.3 Å². The third-order valence-corrected chi connectivity index (χ3v) is 6.15. The predicted molar refractivity (Wildman–Crippen MR) is 115 cm³/mol. The Balaban J connectivity index is 1.57. The zero-order valence-electron chi connectivity index (χ0n) is 17.6. The van der Waals surface area contributed by atoms with E-state index in [2.05, 4.69) is 0 Å². The molecule has 1 N–H and O–H groups in total. The van der Waals surface area contributed by atoms with Gasteiger partial charge in [0.25, 0.3) is 0 Å². The third-order valence-electron chi connectivity index (χ3n) is 6.15. The molecule has 6 nitrogen and oxygen atoms in total. The van der Waals surface area contributed by atoms with Gasteiger partial charge in [-0.05, 0) is 60.7 Å². The Morgan fingerprint density at radius 2 is 1.97 bits per heavy atom. The summed E-state index contributed by atoms with van der Waals surface area (Å²) >= 11 is 0. The largest absolute Gasteiger partial charge is 0.497 e. The summed E-state index contributed by atoms with van der Waals surface area (Å²) in [5, 5.41) is 10.1. The van der Waals surface area contributed by atoms with Gasteiger partial charge < -0.3 is 19.3 Å². The number of amides is 1. The second-order valence-electron chi connectivity index (χ2n) is 7.99. The first kappa shape index (κ1) is 20.9. The highest BCUT2D eigenvalue weighted by molar-refractivity contribution is 5.87. The van der Waals surface area contributed by atoms with Crippen molar-refractivity contribution < 1.29 is 23.8 Å². The van der Waals surface area contributed by atoms with Crippen molar-refractivity contribution in [2.24, 2.45) is 0 Å². The monoisotopic (exact) mass is 424 g/mol. The molecule has 0 spiro atoms. The van der Waals surface area contributed by atoms with Gasteiger partial charge in [-0.3, -0.25) is 9.59 Å². The Hall–Kier alpha value is -3.35. The summed E-state index contributed by atoms with van der Waals surface area (Å²) < 4.78 is 20.9. The number of hydrogen-bond donors (Lipinski definition) is 1. The number of aromatic nitrogens is 1. The average Bonchev–Trinajstić information content (AvgIpc) is 3.05. The summed E-state index contributed by atoms with van der Waals surface area (Å²) in [6.45, 7) is -0.158. The van der Waals surface area contributed by atoms with Gasteiger partial charge in [0.1, 0.15) is 18.1 Å². The first-order chi connectivity index (χ1) is 14.9. The average molecular weight is 424 g/mol. The van der Waals surface area contributed by atoms with Crippen molar-refractivity contribution in [1.29, 1.82) is 0 Å². The lowest BCUT2D eigenvalue weighted by Crippen LogP contribution is -2.41. The summed E-state index contributed by atoms with van der Waals surface area (Å²) in [6.07, 6.45) is 2.24. The molecule has 1 aromatic heterocycles. The molecule has 1 amide bonds. The van der Waals surface area contributed by atoms with Crippen LogP contribution in [0, 0.1) is 5.82 Å². The second kappa shape index (κ2) is 8.41. The van der Waals surface area contributed by atoms with Crippen LogP contribution in [0.25, 0.3) is 10.9 Å². The molecule has 31 heavy (non-hydrogen) atoms. The van der Waals surface area contributed by atoms with Gasteiger partial charge in [0.15, 0.2) is 0 Å². The van der Waals surface area contributed by atoms with Crippen LogP contribution in [-0.2, 0) is 35.4 Å². The molecule has 0 radical (unpaired) electrons. The van der Waals surface area contributed by atoms with E-state index in [4.69, 9.17) is 4.74 Å². The Morgan fingerprint density at radius 3 is 2.65 bits per heavy atom. The SMILES string of the molecule is COc1ccc(CC(=O)N(C)C2CCc3c(c4cc(F)ccc4n3CC(=O)O)C2)cc1. The summed E-state index contributed by atoms with van der Waals surface area (Å²) in [4.78, 5) is 26.1. The number of rotatable bonds is 6. The van der Waals surface area contributed by atoms with Gasteiger partial charge in [-0.2, -0.15) is 0 Å². The van der Waals surface area contributed by atoms with E-state index in [0.29, 0.717) is 19.3 Å². The number of methoxy groups -OCH3 is 1. The number of carboxylic acid groups (broad SMARTS) is 1. The normalized spacial score (nSPS) is 15.5. The van der Waals surface area contributed by atoms with Crippen LogP contribution in [0.5, 0.6) is 5.75 Å². The van der Waals surface area contributed by atoms with Crippen LogP contribution in [-0.4, -0.2) is 46.6 Å². The van der Waals surface area contributed by atoms with Crippen LogP contribution >= 0.6 is 0 Å². The molecule has 1 aliphatic carbocycles. The van der Waals surface area contributed by atoms with E-state index in [-0.39, 0.29) is 24.3 Å². The zero-order chi connectivity index (χ0) is 22.1. The highest BCUT2D eigenvalue weighted by atomic mass is 19.1. The van der Waals surface area contributed by atoms with Gasteiger partial charge in [-0.25, -0.2) is 4.39 Å². The molecule has 4 rings (SSSR count). The number of carbonyl (C=O) groups excluding carboxylic acids is 1. The smallest absolute Gasteiger partial charge is 0.323 e. The number of carboxylic acids is 1. The minimum Gasteiger partial charge on any atom is -0.497 e. The Morgan fingerprint density at radius 1 is 1.23 bits per heavy atom. The number of halogens is 1. The molecule has 1 aliphatic rings. The molecule has 1 atom stereocenters. The van der Waals surface area contributed by atoms with Crippen molar-refractivity contribution in [3.8, 4) is 5.75 Å². The Bertz CT molecular complexity index is 1140. The van der Waals surface area contributed by atoms with Gasteiger partial charge in [0, 0.05) is 29.7 Å². The lowest BCUT2D eigenvalue weighted by molar-refractivity contribution is -0.137. The van der Waals surface area contributed by atoms with Crippen LogP contribution in [0.2, 0.25) is 0 Å². The zero-order valence-corrected chi connectivity index (χ0v) is 17.6. The van der Waals surface area contributed by atoms with Gasteiger partial charge in [0.2, 0.25) is 5.91 Å². The van der Waals surface area contributed by atoms with Crippen LogP contribution in [0.3, 0.4) is 0 Å². The molecular formula is C24H25FN2O4. The minimum absolute atomic E-state index is 0.0130. The maximum atomic E-state index is 14.0. The fourth-order valence-corrected chi connectivity index (χ4v) is 4.50. The summed E-state index contributed by atoms with van der Waals surface area (Å²) in [5.74, 6) is -0.528. The van der Waals surface area contributed by atoms with Gasteiger partial charge in [-0.15, -0.1) is 0 Å². The Kier molecular flexibility index (Phi) is 5.67. The molecule has 1 unspecified atom stereocenters. The maximum Gasteiger partial charge on any atom is 0.323 e. The standard InChI is InChI=1S/C24H25FN2O4/c1-26(23(28)11-15-3-7-18(31-2)8-4-15)17-6-10-22-20(13-17)19-12-16(25)5-9-21(19)27(22)14-24(29)30/h3-5,7-9,12,17H,6,10-11,13-14H2,1-2H3,(H,29,30). The molecule has 0 fully saturated rings. The molecule has 1 heterocycles. The number of hydrogen-bond acceptors (Lipinski definition) is 3.